The van der Waals surface area contributed by atoms with Gasteiger partial charge in [0.2, 0.25) is 10.0 Å². The Balaban J connectivity index is 1.87. The molecule has 1 aliphatic heterocycles. The van der Waals surface area contributed by atoms with Crippen LogP contribution in [0.1, 0.15) is 13.8 Å². The smallest absolute Gasteiger partial charge is 0.243 e. The summed E-state index contributed by atoms with van der Waals surface area (Å²) >= 11 is 0. The Labute approximate surface area is 126 Å². The van der Waals surface area contributed by atoms with Gasteiger partial charge in [-0.1, -0.05) is 13.8 Å². The number of nitrogens with one attached hydrogen (secondary N) is 1. The van der Waals surface area contributed by atoms with Gasteiger partial charge in [-0.05, 0) is 5.92 Å². The summed E-state index contributed by atoms with van der Waals surface area (Å²) in [5, 5.41) is 3.88. The predicted octanol–water partition coefficient (Wildman–Crippen LogP) is 0.0552. The van der Waals surface area contributed by atoms with Crippen molar-refractivity contribution in [3.63, 3.8) is 0 Å². The molecule has 8 heteroatoms. The van der Waals surface area contributed by atoms with Crippen molar-refractivity contribution in [2.75, 3.05) is 32.8 Å². The molecule has 1 atom stereocenters. The molecule has 2 rings (SSSR count). The SMILES string of the molecule is CC(C)CN1CCO[C@H](CNS(=O)(=O)c2cnn(C)c2)C1. The topological polar surface area (TPSA) is 76.5 Å². The van der Waals surface area contributed by atoms with Gasteiger partial charge in [-0.2, -0.15) is 5.10 Å². The Morgan fingerprint density at radius 3 is 2.90 bits per heavy atom. The largest absolute Gasteiger partial charge is 0.374 e. The molecule has 2 heterocycles. The van der Waals surface area contributed by atoms with Gasteiger partial charge in [0.1, 0.15) is 4.90 Å². The number of nitrogens with zero attached hydrogens (tertiary/aromatic N) is 3. The standard InChI is InChI=1S/C13H24N4O3S/c1-11(2)8-17-4-5-20-12(9-17)6-15-21(18,19)13-7-14-16(3)10-13/h7,10-12,15H,4-6,8-9H2,1-3H3/t12-/m1/s1. The Hall–Kier alpha value is -0.960. The number of rotatable bonds is 6. The van der Waals surface area contributed by atoms with Crippen molar-refractivity contribution in [1.82, 2.24) is 19.4 Å². The van der Waals surface area contributed by atoms with Gasteiger partial charge < -0.3 is 4.74 Å². The molecule has 0 radical (unpaired) electrons. The molecule has 1 aliphatic rings. The van der Waals surface area contributed by atoms with E-state index >= 15 is 0 Å². The van der Waals surface area contributed by atoms with Crippen LogP contribution in [0.3, 0.4) is 0 Å². The second-order valence-electron chi connectivity index (χ2n) is 5.85. The molecular weight excluding hydrogens is 292 g/mol. The van der Waals surface area contributed by atoms with Crippen molar-refractivity contribution in [2.24, 2.45) is 13.0 Å². The maximum Gasteiger partial charge on any atom is 0.243 e. The van der Waals surface area contributed by atoms with Gasteiger partial charge in [0.15, 0.2) is 0 Å². The first-order chi connectivity index (χ1) is 9.87. The van der Waals surface area contributed by atoms with Crippen molar-refractivity contribution in [2.45, 2.75) is 24.8 Å². The highest BCUT2D eigenvalue weighted by molar-refractivity contribution is 7.89. The van der Waals surface area contributed by atoms with E-state index in [1.807, 2.05) is 0 Å². The lowest BCUT2D eigenvalue weighted by molar-refractivity contribution is -0.0280. The molecule has 0 aromatic carbocycles. The van der Waals surface area contributed by atoms with Gasteiger partial charge in [0.25, 0.3) is 0 Å². The van der Waals surface area contributed by atoms with Gasteiger partial charge in [0, 0.05) is 39.4 Å². The predicted molar refractivity (Wildman–Crippen MR) is 79.4 cm³/mol. The Kier molecular flexibility index (Phi) is 5.37. The second kappa shape index (κ2) is 6.87. The molecule has 1 saturated heterocycles. The zero-order valence-corrected chi connectivity index (χ0v) is 13.6. The lowest BCUT2D eigenvalue weighted by Crippen LogP contribution is -2.48. The lowest BCUT2D eigenvalue weighted by Gasteiger charge is -2.33. The van der Waals surface area contributed by atoms with Crippen molar-refractivity contribution in [3.8, 4) is 0 Å². The summed E-state index contributed by atoms with van der Waals surface area (Å²) in [5.74, 6) is 0.593. The number of hydrogen-bond acceptors (Lipinski definition) is 5. The fourth-order valence-corrected chi connectivity index (χ4v) is 3.46. The molecular formula is C13H24N4O3S. The van der Waals surface area contributed by atoms with E-state index in [1.165, 1.54) is 17.1 Å². The molecule has 1 fully saturated rings. The van der Waals surface area contributed by atoms with Crippen LogP contribution in [0, 0.1) is 5.92 Å². The summed E-state index contributed by atoms with van der Waals surface area (Å²) in [4.78, 5) is 2.50. The first-order valence-electron chi connectivity index (χ1n) is 7.19. The highest BCUT2D eigenvalue weighted by atomic mass is 32.2. The number of aromatic nitrogens is 2. The van der Waals surface area contributed by atoms with Crippen LogP contribution in [0.4, 0.5) is 0 Å². The van der Waals surface area contributed by atoms with Crippen molar-refractivity contribution in [1.29, 1.82) is 0 Å². The number of sulfonamides is 1. The van der Waals surface area contributed by atoms with Crippen LogP contribution in [0.15, 0.2) is 17.3 Å². The minimum absolute atomic E-state index is 0.107. The van der Waals surface area contributed by atoms with E-state index in [2.05, 4.69) is 28.6 Å². The van der Waals surface area contributed by atoms with Gasteiger partial charge in [-0.25, -0.2) is 13.1 Å². The minimum atomic E-state index is -3.51. The van der Waals surface area contributed by atoms with E-state index in [1.54, 1.807) is 7.05 Å². The van der Waals surface area contributed by atoms with Gasteiger partial charge >= 0.3 is 0 Å². The van der Waals surface area contributed by atoms with Gasteiger partial charge in [-0.15, -0.1) is 0 Å². The van der Waals surface area contributed by atoms with E-state index in [0.29, 0.717) is 12.5 Å². The fourth-order valence-electron chi connectivity index (χ4n) is 2.41. The average molecular weight is 316 g/mol. The second-order valence-corrected chi connectivity index (χ2v) is 7.61. The van der Waals surface area contributed by atoms with Gasteiger partial charge in [-0.3, -0.25) is 9.58 Å². The third-order valence-electron chi connectivity index (χ3n) is 3.34. The third-order valence-corrected chi connectivity index (χ3v) is 4.72. The first kappa shape index (κ1) is 16.4. The Bertz CT molecular complexity index is 556. The van der Waals surface area contributed by atoms with Crippen LogP contribution in [-0.2, 0) is 21.8 Å². The van der Waals surface area contributed by atoms with Crippen molar-refractivity contribution in [3.05, 3.63) is 12.4 Å². The summed E-state index contributed by atoms with van der Waals surface area (Å²) < 4.78 is 33.9. The van der Waals surface area contributed by atoms with Crippen LogP contribution in [0.5, 0.6) is 0 Å². The molecule has 0 bridgehead atoms. The third kappa shape index (κ3) is 4.77. The molecule has 0 aliphatic carbocycles. The molecule has 120 valence electrons. The van der Waals surface area contributed by atoms with E-state index < -0.39 is 10.0 Å². The number of ether oxygens (including phenoxy) is 1. The molecule has 0 saturated carbocycles. The monoisotopic (exact) mass is 316 g/mol. The average Bonchev–Trinajstić information content (AvgIpc) is 2.84. The summed E-state index contributed by atoms with van der Waals surface area (Å²) in [6.07, 6.45) is 2.72. The highest BCUT2D eigenvalue weighted by Gasteiger charge is 2.23. The highest BCUT2D eigenvalue weighted by Crippen LogP contribution is 2.10. The maximum absolute atomic E-state index is 12.1. The molecule has 0 unspecified atom stereocenters. The van der Waals surface area contributed by atoms with E-state index in [4.69, 9.17) is 4.74 Å². The van der Waals surface area contributed by atoms with Gasteiger partial charge in [0.05, 0.1) is 18.9 Å². The summed E-state index contributed by atoms with van der Waals surface area (Å²) in [7, 11) is -1.82. The van der Waals surface area contributed by atoms with E-state index in [0.717, 1.165) is 19.6 Å². The lowest BCUT2D eigenvalue weighted by atomic mass is 10.2. The van der Waals surface area contributed by atoms with Crippen molar-refractivity contribution >= 4 is 10.0 Å². The molecule has 7 nitrogen and oxygen atoms in total. The van der Waals surface area contributed by atoms with Crippen LogP contribution in [-0.4, -0.2) is 62.0 Å². The molecule has 1 aromatic rings. The van der Waals surface area contributed by atoms with Crippen LogP contribution in [0.2, 0.25) is 0 Å². The fraction of sp³-hybridized carbons (Fsp3) is 0.769. The van der Waals surface area contributed by atoms with Crippen LogP contribution >= 0.6 is 0 Å². The quantitative estimate of drug-likeness (QED) is 0.803. The number of morpholine rings is 1. The number of aryl methyl sites for hydroxylation is 1. The summed E-state index contributed by atoms with van der Waals surface area (Å²) in [6.45, 7) is 7.95. The number of hydrogen-bond donors (Lipinski definition) is 1. The molecule has 21 heavy (non-hydrogen) atoms. The zero-order chi connectivity index (χ0) is 15.5. The van der Waals surface area contributed by atoms with Crippen LogP contribution < -0.4 is 4.72 Å². The minimum Gasteiger partial charge on any atom is -0.374 e. The van der Waals surface area contributed by atoms with E-state index in [-0.39, 0.29) is 17.5 Å². The van der Waals surface area contributed by atoms with Crippen molar-refractivity contribution < 1.29 is 13.2 Å². The van der Waals surface area contributed by atoms with Crippen LogP contribution in [0.25, 0.3) is 0 Å². The first-order valence-corrected chi connectivity index (χ1v) is 8.67. The normalized spacial score (nSPS) is 21.0. The Morgan fingerprint density at radius 2 is 2.29 bits per heavy atom. The zero-order valence-electron chi connectivity index (χ0n) is 12.8. The maximum atomic E-state index is 12.1. The molecule has 1 aromatic heterocycles. The molecule has 1 N–H and O–H groups in total. The van der Waals surface area contributed by atoms with E-state index in [9.17, 15) is 8.42 Å². The summed E-state index contributed by atoms with van der Waals surface area (Å²) in [6, 6.07) is 0. The Morgan fingerprint density at radius 1 is 1.52 bits per heavy atom. The molecule has 0 spiro atoms. The molecule has 0 amide bonds. The summed E-state index contributed by atoms with van der Waals surface area (Å²) in [5.41, 5.74) is 0.